The highest BCUT2D eigenvalue weighted by molar-refractivity contribution is 6.15. The van der Waals surface area contributed by atoms with Crippen LogP contribution in [0, 0.1) is 0 Å². The third-order valence-electron chi connectivity index (χ3n) is 3.56. The number of hydrogen-bond acceptors (Lipinski definition) is 6. The van der Waals surface area contributed by atoms with Crippen LogP contribution in [0.3, 0.4) is 0 Å². The molecule has 7 heteroatoms. The summed E-state index contributed by atoms with van der Waals surface area (Å²) in [6.07, 6.45) is 1.33. The second kappa shape index (κ2) is 5.53. The number of carbonyl (C=O) groups is 2. The Morgan fingerprint density at radius 2 is 2.09 bits per heavy atom. The normalized spacial score (nSPS) is 17.3. The van der Waals surface area contributed by atoms with Gasteiger partial charge in [0.25, 0.3) is 5.91 Å². The van der Waals surface area contributed by atoms with Crippen LogP contribution in [0.15, 0.2) is 52.3 Å². The predicted molar refractivity (Wildman–Crippen MR) is 78.2 cm³/mol. The summed E-state index contributed by atoms with van der Waals surface area (Å²) < 4.78 is 10.1. The average molecular weight is 315 g/mol. The molecule has 3 rings (SSSR count). The van der Waals surface area contributed by atoms with Gasteiger partial charge in [-0.05, 0) is 29.8 Å². The van der Waals surface area contributed by atoms with E-state index in [1.54, 1.807) is 0 Å². The van der Waals surface area contributed by atoms with Crippen LogP contribution >= 0.6 is 0 Å². The molecule has 0 saturated carbocycles. The van der Waals surface area contributed by atoms with Gasteiger partial charge >= 0.3 is 0 Å². The minimum atomic E-state index is -0.866. The number of aliphatic hydroxyl groups is 1. The Bertz CT molecular complexity index is 806. The molecule has 2 heterocycles. The molecule has 0 fully saturated rings. The largest absolute Gasteiger partial charge is 0.504 e. The Kier molecular flexibility index (Phi) is 3.53. The maximum atomic E-state index is 12.5. The second-order valence-corrected chi connectivity index (χ2v) is 4.91. The molecular formula is C16H13NO6. The van der Waals surface area contributed by atoms with E-state index in [1.165, 1.54) is 43.7 Å². The van der Waals surface area contributed by atoms with Gasteiger partial charge in [0.15, 0.2) is 23.0 Å². The molecule has 7 nitrogen and oxygen atoms in total. The molecule has 1 aliphatic heterocycles. The van der Waals surface area contributed by atoms with Crippen molar-refractivity contribution in [1.82, 2.24) is 5.32 Å². The van der Waals surface area contributed by atoms with Gasteiger partial charge in [-0.1, -0.05) is 6.07 Å². The van der Waals surface area contributed by atoms with Crippen molar-refractivity contribution in [1.29, 1.82) is 0 Å². The number of ether oxygens (including phenoxy) is 1. The van der Waals surface area contributed by atoms with E-state index in [0.717, 1.165) is 0 Å². The lowest BCUT2D eigenvalue weighted by Crippen LogP contribution is -2.23. The number of carbonyl (C=O) groups excluding carboxylic acids is 2. The lowest BCUT2D eigenvalue weighted by atomic mass is 9.95. The summed E-state index contributed by atoms with van der Waals surface area (Å²) in [7, 11) is 1.38. The number of methoxy groups -OCH3 is 1. The van der Waals surface area contributed by atoms with Crippen molar-refractivity contribution in [2.45, 2.75) is 6.04 Å². The third-order valence-corrected chi connectivity index (χ3v) is 3.56. The van der Waals surface area contributed by atoms with Crippen molar-refractivity contribution in [2.75, 3.05) is 7.11 Å². The van der Waals surface area contributed by atoms with Crippen LogP contribution in [0.1, 0.15) is 22.2 Å². The topological polar surface area (TPSA) is 109 Å². The van der Waals surface area contributed by atoms with E-state index in [4.69, 9.17) is 9.15 Å². The van der Waals surface area contributed by atoms with Gasteiger partial charge < -0.3 is 24.7 Å². The summed E-state index contributed by atoms with van der Waals surface area (Å²) in [6, 6.07) is 6.50. The lowest BCUT2D eigenvalue weighted by molar-refractivity contribution is -0.119. The number of hydrogen-bond donors (Lipinski definition) is 3. The van der Waals surface area contributed by atoms with Crippen molar-refractivity contribution in [3.05, 3.63) is 59.3 Å². The molecular weight excluding hydrogens is 302 g/mol. The van der Waals surface area contributed by atoms with Gasteiger partial charge in [0.1, 0.15) is 0 Å². The van der Waals surface area contributed by atoms with E-state index >= 15 is 0 Å². The first-order valence-electron chi connectivity index (χ1n) is 6.72. The molecule has 3 N–H and O–H groups in total. The van der Waals surface area contributed by atoms with E-state index < -0.39 is 23.5 Å². The SMILES string of the molecule is COc1cc([C@@H]2NC(=O)C(O)=C2C(=O)c2ccco2)ccc1O. The van der Waals surface area contributed by atoms with Crippen LogP contribution in [-0.4, -0.2) is 29.0 Å². The number of Topliss-reactive ketones (excluding diaryl/α,β-unsaturated/α-hetero) is 1. The second-order valence-electron chi connectivity index (χ2n) is 4.91. The van der Waals surface area contributed by atoms with E-state index in [0.29, 0.717) is 5.56 Å². The monoisotopic (exact) mass is 315 g/mol. The molecule has 0 radical (unpaired) electrons. The van der Waals surface area contributed by atoms with Gasteiger partial charge in [-0.2, -0.15) is 0 Å². The molecule has 0 spiro atoms. The molecule has 1 amide bonds. The molecule has 23 heavy (non-hydrogen) atoms. The van der Waals surface area contributed by atoms with E-state index in [2.05, 4.69) is 5.32 Å². The maximum absolute atomic E-state index is 12.5. The van der Waals surface area contributed by atoms with Crippen LogP contribution in [0.5, 0.6) is 11.5 Å². The summed E-state index contributed by atoms with van der Waals surface area (Å²) in [5, 5.41) is 22.1. The number of nitrogens with one attached hydrogen (secondary N) is 1. The molecule has 1 atom stereocenters. The number of benzene rings is 1. The first kappa shape index (κ1) is 14.7. The zero-order valence-corrected chi connectivity index (χ0v) is 12.1. The van der Waals surface area contributed by atoms with Crippen molar-refractivity contribution in [2.24, 2.45) is 0 Å². The van der Waals surface area contributed by atoms with Crippen LogP contribution in [-0.2, 0) is 4.79 Å². The number of furan rings is 1. The fourth-order valence-electron chi connectivity index (χ4n) is 2.43. The predicted octanol–water partition coefficient (Wildman–Crippen LogP) is 1.86. The number of aliphatic hydroxyl groups excluding tert-OH is 1. The number of amides is 1. The number of rotatable bonds is 4. The summed E-state index contributed by atoms with van der Waals surface area (Å²) in [5.41, 5.74) is 0.365. The quantitative estimate of drug-likeness (QED) is 0.743. The average Bonchev–Trinajstić information content (AvgIpc) is 3.17. The highest BCUT2D eigenvalue weighted by atomic mass is 16.5. The lowest BCUT2D eigenvalue weighted by Gasteiger charge is -2.15. The molecule has 2 aromatic rings. The fourth-order valence-corrected chi connectivity index (χ4v) is 2.43. The summed E-state index contributed by atoms with van der Waals surface area (Å²) in [5.74, 6) is -1.87. The van der Waals surface area contributed by atoms with Crippen molar-refractivity contribution in [3.63, 3.8) is 0 Å². The molecule has 0 saturated heterocycles. The molecule has 118 valence electrons. The molecule has 1 aromatic carbocycles. The van der Waals surface area contributed by atoms with E-state index in [-0.39, 0.29) is 22.8 Å². The van der Waals surface area contributed by atoms with Crippen molar-refractivity contribution >= 4 is 11.7 Å². The summed E-state index contributed by atoms with van der Waals surface area (Å²) >= 11 is 0. The Hall–Kier alpha value is -3.22. The van der Waals surface area contributed by atoms with Crippen molar-refractivity contribution in [3.8, 4) is 11.5 Å². The molecule has 1 aromatic heterocycles. The van der Waals surface area contributed by atoms with Gasteiger partial charge in [0, 0.05) is 0 Å². The fraction of sp³-hybridized carbons (Fsp3) is 0.125. The Morgan fingerprint density at radius 3 is 2.74 bits per heavy atom. The maximum Gasteiger partial charge on any atom is 0.287 e. The third kappa shape index (κ3) is 2.42. The minimum Gasteiger partial charge on any atom is -0.504 e. The highest BCUT2D eigenvalue weighted by Gasteiger charge is 2.38. The van der Waals surface area contributed by atoms with Gasteiger partial charge in [0.05, 0.1) is 25.0 Å². The van der Waals surface area contributed by atoms with Crippen LogP contribution in [0.2, 0.25) is 0 Å². The standard InChI is InChI=1S/C16H13NO6/c1-22-11-7-8(4-5-9(11)18)13-12(15(20)16(21)17-13)14(19)10-3-2-6-23-10/h2-7,13,18,20H,1H3,(H,17,21)/t13-/m0/s1. The Balaban J connectivity index is 2.05. The van der Waals surface area contributed by atoms with Crippen LogP contribution < -0.4 is 10.1 Å². The van der Waals surface area contributed by atoms with Crippen molar-refractivity contribution < 1.29 is 29.0 Å². The molecule has 0 unspecified atom stereocenters. The number of phenolic OH excluding ortho intramolecular Hbond substituents is 1. The number of ketones is 1. The smallest absolute Gasteiger partial charge is 0.287 e. The zero-order valence-electron chi connectivity index (χ0n) is 12.1. The zero-order chi connectivity index (χ0) is 16.6. The minimum absolute atomic E-state index is 0.0128. The van der Waals surface area contributed by atoms with Crippen LogP contribution in [0.4, 0.5) is 0 Å². The van der Waals surface area contributed by atoms with Gasteiger partial charge in [-0.3, -0.25) is 9.59 Å². The summed E-state index contributed by atoms with van der Waals surface area (Å²) in [6.45, 7) is 0. The van der Waals surface area contributed by atoms with Gasteiger partial charge in [-0.15, -0.1) is 0 Å². The Labute approximate surface area is 130 Å². The van der Waals surface area contributed by atoms with Gasteiger partial charge in [0.2, 0.25) is 5.78 Å². The van der Waals surface area contributed by atoms with Crippen LogP contribution in [0.25, 0.3) is 0 Å². The molecule has 0 bridgehead atoms. The highest BCUT2D eigenvalue weighted by Crippen LogP contribution is 2.36. The van der Waals surface area contributed by atoms with E-state index in [1.807, 2.05) is 0 Å². The number of phenols is 1. The van der Waals surface area contributed by atoms with E-state index in [9.17, 15) is 19.8 Å². The summed E-state index contributed by atoms with van der Waals surface area (Å²) in [4.78, 5) is 24.3. The molecule has 0 aliphatic carbocycles. The first-order valence-corrected chi connectivity index (χ1v) is 6.72. The molecule has 1 aliphatic rings. The number of aromatic hydroxyl groups is 1. The van der Waals surface area contributed by atoms with Gasteiger partial charge in [-0.25, -0.2) is 0 Å². The Morgan fingerprint density at radius 1 is 1.30 bits per heavy atom. The first-order chi connectivity index (χ1) is 11.0.